The standard InChI is InChI=1S/C19H25NO/c1-12(2)15-6-8-16(9-7-15)18(20)17-10-13(3)19(21-5)14(4)11-17/h6-12,18H,20H2,1-5H3. The molecule has 0 bridgehead atoms. The lowest BCUT2D eigenvalue weighted by atomic mass is 9.93. The van der Waals surface area contributed by atoms with Crippen LogP contribution >= 0.6 is 0 Å². The Morgan fingerprint density at radius 1 is 0.857 bits per heavy atom. The molecule has 1 atom stereocenters. The van der Waals surface area contributed by atoms with Crippen LogP contribution in [0.2, 0.25) is 0 Å². The lowest BCUT2D eigenvalue weighted by molar-refractivity contribution is 0.408. The zero-order valence-electron chi connectivity index (χ0n) is 13.6. The molecule has 0 aliphatic heterocycles. The van der Waals surface area contributed by atoms with Gasteiger partial charge in [-0.2, -0.15) is 0 Å². The second-order valence-corrected chi connectivity index (χ2v) is 5.99. The van der Waals surface area contributed by atoms with Gasteiger partial charge in [0.15, 0.2) is 0 Å². The first kappa shape index (κ1) is 15.6. The third-order valence-corrected chi connectivity index (χ3v) is 4.01. The second-order valence-electron chi connectivity index (χ2n) is 5.99. The molecule has 0 radical (unpaired) electrons. The number of aryl methyl sites for hydroxylation is 2. The Morgan fingerprint density at radius 2 is 1.33 bits per heavy atom. The highest BCUT2D eigenvalue weighted by Gasteiger charge is 2.13. The van der Waals surface area contributed by atoms with Crippen molar-refractivity contribution in [3.63, 3.8) is 0 Å². The van der Waals surface area contributed by atoms with Gasteiger partial charge in [0.05, 0.1) is 13.2 Å². The van der Waals surface area contributed by atoms with Gasteiger partial charge < -0.3 is 10.5 Å². The van der Waals surface area contributed by atoms with Crippen LogP contribution < -0.4 is 10.5 Å². The van der Waals surface area contributed by atoms with Crippen LogP contribution in [0.25, 0.3) is 0 Å². The Labute approximate surface area is 127 Å². The molecule has 0 saturated carbocycles. The summed E-state index contributed by atoms with van der Waals surface area (Å²) in [5.74, 6) is 1.49. The summed E-state index contributed by atoms with van der Waals surface area (Å²) < 4.78 is 5.42. The summed E-state index contributed by atoms with van der Waals surface area (Å²) in [5.41, 5.74) is 12.3. The maximum Gasteiger partial charge on any atom is 0.124 e. The van der Waals surface area contributed by atoms with Crippen LogP contribution in [0, 0.1) is 13.8 Å². The molecule has 0 spiro atoms. The fourth-order valence-electron chi connectivity index (χ4n) is 2.77. The monoisotopic (exact) mass is 283 g/mol. The van der Waals surface area contributed by atoms with Crippen LogP contribution in [-0.2, 0) is 0 Å². The van der Waals surface area contributed by atoms with Gasteiger partial charge in [-0.1, -0.05) is 50.2 Å². The van der Waals surface area contributed by atoms with Crippen molar-refractivity contribution in [2.24, 2.45) is 5.73 Å². The summed E-state index contributed by atoms with van der Waals surface area (Å²) in [7, 11) is 1.71. The fourth-order valence-corrected chi connectivity index (χ4v) is 2.77. The van der Waals surface area contributed by atoms with Crippen LogP contribution in [-0.4, -0.2) is 7.11 Å². The van der Waals surface area contributed by atoms with Gasteiger partial charge in [0.25, 0.3) is 0 Å². The summed E-state index contributed by atoms with van der Waals surface area (Å²) in [5, 5.41) is 0. The summed E-state index contributed by atoms with van der Waals surface area (Å²) in [6.07, 6.45) is 0. The Balaban J connectivity index is 2.33. The average molecular weight is 283 g/mol. The Morgan fingerprint density at radius 3 is 1.76 bits per heavy atom. The lowest BCUT2D eigenvalue weighted by Crippen LogP contribution is -2.12. The number of ether oxygens (including phenoxy) is 1. The predicted octanol–water partition coefficient (Wildman–Crippen LogP) is 4.48. The third-order valence-electron chi connectivity index (χ3n) is 4.01. The number of methoxy groups -OCH3 is 1. The van der Waals surface area contributed by atoms with Crippen molar-refractivity contribution < 1.29 is 4.74 Å². The summed E-state index contributed by atoms with van der Waals surface area (Å²) in [6, 6.07) is 12.7. The van der Waals surface area contributed by atoms with E-state index in [2.05, 4.69) is 64.1 Å². The zero-order valence-corrected chi connectivity index (χ0v) is 13.6. The minimum atomic E-state index is -0.102. The van der Waals surface area contributed by atoms with Crippen LogP contribution in [0.4, 0.5) is 0 Å². The molecule has 0 saturated heterocycles. The van der Waals surface area contributed by atoms with Gasteiger partial charge >= 0.3 is 0 Å². The van der Waals surface area contributed by atoms with Gasteiger partial charge in [-0.15, -0.1) is 0 Å². The Bertz CT molecular complexity index is 591. The van der Waals surface area contributed by atoms with Crippen molar-refractivity contribution in [2.75, 3.05) is 7.11 Å². The number of benzene rings is 2. The lowest BCUT2D eigenvalue weighted by Gasteiger charge is -2.17. The number of rotatable bonds is 4. The molecule has 0 aliphatic carbocycles. The fraction of sp³-hybridized carbons (Fsp3) is 0.368. The molecule has 2 N–H and O–H groups in total. The van der Waals surface area contributed by atoms with Crippen LogP contribution in [0.5, 0.6) is 5.75 Å². The Hall–Kier alpha value is -1.80. The van der Waals surface area contributed by atoms with Crippen molar-refractivity contribution in [1.82, 2.24) is 0 Å². The van der Waals surface area contributed by atoms with E-state index in [0.717, 1.165) is 28.0 Å². The van der Waals surface area contributed by atoms with E-state index in [1.807, 2.05) is 0 Å². The van der Waals surface area contributed by atoms with Gasteiger partial charge in [-0.05, 0) is 47.6 Å². The van der Waals surface area contributed by atoms with Crippen molar-refractivity contribution in [3.8, 4) is 5.75 Å². The SMILES string of the molecule is COc1c(C)cc(C(N)c2ccc(C(C)C)cc2)cc1C. The molecule has 2 nitrogen and oxygen atoms in total. The molecular weight excluding hydrogens is 258 g/mol. The van der Waals surface area contributed by atoms with Crippen molar-refractivity contribution in [3.05, 3.63) is 64.2 Å². The van der Waals surface area contributed by atoms with E-state index >= 15 is 0 Å². The highest BCUT2D eigenvalue weighted by atomic mass is 16.5. The molecule has 1 unspecified atom stereocenters. The van der Waals surface area contributed by atoms with Gasteiger partial charge in [-0.25, -0.2) is 0 Å². The molecule has 2 aromatic carbocycles. The molecule has 0 amide bonds. The van der Waals surface area contributed by atoms with Crippen LogP contribution in [0.15, 0.2) is 36.4 Å². The number of hydrogen-bond donors (Lipinski definition) is 1. The van der Waals surface area contributed by atoms with E-state index in [4.69, 9.17) is 10.5 Å². The molecule has 0 fully saturated rings. The largest absolute Gasteiger partial charge is 0.496 e. The van der Waals surface area contributed by atoms with Gasteiger partial charge in [-0.3, -0.25) is 0 Å². The van der Waals surface area contributed by atoms with Gasteiger partial charge in [0.1, 0.15) is 5.75 Å². The van der Waals surface area contributed by atoms with Crippen molar-refractivity contribution >= 4 is 0 Å². The molecule has 0 aliphatic rings. The number of hydrogen-bond acceptors (Lipinski definition) is 2. The second kappa shape index (κ2) is 6.31. The maximum absolute atomic E-state index is 6.43. The van der Waals surface area contributed by atoms with Gasteiger partial charge in [0, 0.05) is 0 Å². The molecule has 21 heavy (non-hydrogen) atoms. The summed E-state index contributed by atoms with van der Waals surface area (Å²) in [4.78, 5) is 0. The highest BCUT2D eigenvalue weighted by molar-refractivity contribution is 5.46. The minimum absolute atomic E-state index is 0.102. The van der Waals surface area contributed by atoms with Crippen molar-refractivity contribution in [1.29, 1.82) is 0 Å². The highest BCUT2D eigenvalue weighted by Crippen LogP contribution is 2.29. The average Bonchev–Trinajstić information content (AvgIpc) is 2.46. The van der Waals surface area contributed by atoms with E-state index in [1.165, 1.54) is 5.56 Å². The molecular formula is C19H25NO. The smallest absolute Gasteiger partial charge is 0.124 e. The molecule has 2 aromatic rings. The van der Waals surface area contributed by atoms with E-state index in [1.54, 1.807) is 7.11 Å². The minimum Gasteiger partial charge on any atom is -0.496 e. The summed E-state index contributed by atoms with van der Waals surface area (Å²) >= 11 is 0. The van der Waals surface area contributed by atoms with Crippen LogP contribution in [0.3, 0.4) is 0 Å². The maximum atomic E-state index is 6.43. The quantitative estimate of drug-likeness (QED) is 0.897. The first-order chi connectivity index (χ1) is 9.93. The Kier molecular flexibility index (Phi) is 4.69. The molecule has 112 valence electrons. The van der Waals surface area contributed by atoms with E-state index in [-0.39, 0.29) is 6.04 Å². The first-order valence-electron chi connectivity index (χ1n) is 7.44. The topological polar surface area (TPSA) is 35.2 Å². The van der Waals surface area contributed by atoms with Gasteiger partial charge in [0.2, 0.25) is 0 Å². The molecule has 2 heteroatoms. The first-order valence-corrected chi connectivity index (χ1v) is 7.44. The zero-order chi connectivity index (χ0) is 15.6. The van der Waals surface area contributed by atoms with E-state index in [0.29, 0.717) is 5.92 Å². The third kappa shape index (κ3) is 3.27. The molecule has 0 aromatic heterocycles. The van der Waals surface area contributed by atoms with E-state index in [9.17, 15) is 0 Å². The van der Waals surface area contributed by atoms with Crippen LogP contribution in [0.1, 0.15) is 53.6 Å². The predicted molar refractivity (Wildman–Crippen MR) is 89.0 cm³/mol. The molecule has 2 rings (SSSR count). The van der Waals surface area contributed by atoms with Crippen molar-refractivity contribution in [2.45, 2.75) is 39.7 Å². The number of nitrogens with two attached hydrogens (primary N) is 1. The molecule has 0 heterocycles. The normalized spacial score (nSPS) is 12.5. The van der Waals surface area contributed by atoms with E-state index < -0.39 is 0 Å². The summed E-state index contributed by atoms with van der Waals surface area (Å²) in [6.45, 7) is 8.52.